The maximum absolute atomic E-state index is 11.7. The molecule has 1 rings (SSSR count). The lowest BCUT2D eigenvalue weighted by atomic mass is 10.0. The van der Waals surface area contributed by atoms with Crippen molar-refractivity contribution in [2.24, 2.45) is 0 Å². The fourth-order valence-corrected chi connectivity index (χ4v) is 1.47. The Bertz CT molecular complexity index is 234. The summed E-state index contributed by atoms with van der Waals surface area (Å²) in [4.78, 5) is 11.7. The summed E-state index contributed by atoms with van der Waals surface area (Å²) in [6.45, 7) is 3.44. The van der Waals surface area contributed by atoms with Crippen LogP contribution in [0.1, 0.15) is 26.7 Å². The molecule has 0 aromatic rings. The summed E-state index contributed by atoms with van der Waals surface area (Å²) in [6.07, 6.45) is 1.57. The molecule has 1 heterocycles. The van der Waals surface area contributed by atoms with E-state index in [-0.39, 0.29) is 19.1 Å². The number of hydrogen-bond acceptors (Lipinski definition) is 4. The summed E-state index contributed by atoms with van der Waals surface area (Å²) in [7, 11) is 0. The molecule has 0 aromatic heterocycles. The Morgan fingerprint density at radius 2 is 2.33 bits per heavy atom. The Kier molecular flexibility index (Phi) is 3.70. The average Bonchev–Trinajstić information content (AvgIpc) is 2.63. The number of hydrogen-bond donors (Lipinski definition) is 3. The Hall–Kier alpha value is -0.650. The number of aliphatic hydroxyl groups excluding tert-OH is 1. The van der Waals surface area contributed by atoms with E-state index >= 15 is 0 Å². The third-order valence-electron chi connectivity index (χ3n) is 2.67. The molecule has 3 N–H and O–H groups in total. The van der Waals surface area contributed by atoms with Crippen LogP contribution in [0.15, 0.2) is 0 Å². The van der Waals surface area contributed by atoms with E-state index in [1.165, 1.54) is 6.92 Å². The topological polar surface area (TPSA) is 78.8 Å². The van der Waals surface area contributed by atoms with E-state index < -0.39 is 11.2 Å². The molecule has 0 saturated carbocycles. The number of amides is 1. The molecule has 88 valence electrons. The van der Waals surface area contributed by atoms with Crippen molar-refractivity contribution in [3.05, 3.63) is 0 Å². The molecule has 1 fully saturated rings. The molecule has 2 atom stereocenters. The summed E-state index contributed by atoms with van der Waals surface area (Å²) in [5, 5.41) is 20.9. The third-order valence-corrected chi connectivity index (χ3v) is 2.67. The summed E-state index contributed by atoms with van der Waals surface area (Å²) in [6, 6.07) is 0. The molecule has 1 aliphatic rings. The van der Waals surface area contributed by atoms with Gasteiger partial charge in [-0.05, 0) is 26.7 Å². The highest BCUT2D eigenvalue weighted by Crippen LogP contribution is 2.25. The van der Waals surface area contributed by atoms with Gasteiger partial charge in [-0.3, -0.25) is 4.79 Å². The normalized spacial score (nSPS) is 29.9. The third kappa shape index (κ3) is 3.15. The molecule has 5 heteroatoms. The fourth-order valence-electron chi connectivity index (χ4n) is 1.47. The largest absolute Gasteiger partial charge is 0.393 e. The lowest BCUT2D eigenvalue weighted by Gasteiger charge is -2.26. The minimum Gasteiger partial charge on any atom is -0.393 e. The molecule has 1 saturated heterocycles. The van der Waals surface area contributed by atoms with Crippen LogP contribution >= 0.6 is 0 Å². The molecular weight excluding hydrogens is 198 g/mol. The summed E-state index contributed by atoms with van der Waals surface area (Å²) in [5.41, 5.74) is -2.05. The molecule has 0 radical (unpaired) electrons. The van der Waals surface area contributed by atoms with E-state index in [4.69, 9.17) is 9.84 Å². The number of carbonyl (C=O) groups excluding carboxylic acids is 1. The molecule has 15 heavy (non-hydrogen) atoms. The van der Waals surface area contributed by atoms with Crippen LogP contribution < -0.4 is 5.32 Å². The number of rotatable bonds is 4. The molecule has 1 aliphatic heterocycles. The van der Waals surface area contributed by atoms with Crippen molar-refractivity contribution in [1.82, 2.24) is 5.32 Å². The first-order valence-electron chi connectivity index (χ1n) is 5.15. The Morgan fingerprint density at radius 1 is 1.67 bits per heavy atom. The van der Waals surface area contributed by atoms with E-state index in [1.807, 2.05) is 0 Å². The zero-order chi connectivity index (χ0) is 11.5. The molecule has 2 unspecified atom stereocenters. The summed E-state index contributed by atoms with van der Waals surface area (Å²) >= 11 is 0. The molecule has 0 aromatic carbocycles. The van der Waals surface area contributed by atoms with Gasteiger partial charge in [0.2, 0.25) is 0 Å². The summed E-state index contributed by atoms with van der Waals surface area (Å²) < 4.78 is 5.34. The highest BCUT2D eigenvalue weighted by Gasteiger charge is 2.38. The van der Waals surface area contributed by atoms with Crippen LogP contribution in [-0.4, -0.2) is 47.1 Å². The van der Waals surface area contributed by atoms with Gasteiger partial charge in [-0.1, -0.05) is 0 Å². The van der Waals surface area contributed by atoms with Crippen molar-refractivity contribution in [2.75, 3.05) is 19.8 Å². The van der Waals surface area contributed by atoms with Crippen LogP contribution in [0.25, 0.3) is 0 Å². The minimum atomic E-state index is -1.27. The lowest BCUT2D eigenvalue weighted by molar-refractivity contribution is -0.140. The highest BCUT2D eigenvalue weighted by molar-refractivity contribution is 5.85. The van der Waals surface area contributed by atoms with Crippen LogP contribution in [0.2, 0.25) is 0 Å². The van der Waals surface area contributed by atoms with Gasteiger partial charge >= 0.3 is 0 Å². The van der Waals surface area contributed by atoms with Crippen LogP contribution in [0.5, 0.6) is 0 Å². The highest BCUT2D eigenvalue weighted by atomic mass is 16.5. The Balaban J connectivity index is 2.42. The van der Waals surface area contributed by atoms with Crippen LogP contribution in [0.4, 0.5) is 0 Å². The van der Waals surface area contributed by atoms with Crippen LogP contribution in [-0.2, 0) is 9.53 Å². The maximum atomic E-state index is 11.7. The average molecular weight is 217 g/mol. The van der Waals surface area contributed by atoms with Crippen molar-refractivity contribution in [2.45, 2.75) is 37.9 Å². The van der Waals surface area contributed by atoms with E-state index in [0.717, 1.165) is 6.42 Å². The van der Waals surface area contributed by atoms with Gasteiger partial charge in [0.05, 0.1) is 6.61 Å². The molecule has 1 amide bonds. The molecule has 0 spiro atoms. The molecule has 5 nitrogen and oxygen atoms in total. The first-order valence-corrected chi connectivity index (χ1v) is 5.15. The predicted molar refractivity (Wildman–Crippen MR) is 54.3 cm³/mol. The first kappa shape index (κ1) is 12.4. The quantitative estimate of drug-likeness (QED) is 0.588. The van der Waals surface area contributed by atoms with Gasteiger partial charge in [0.1, 0.15) is 11.2 Å². The van der Waals surface area contributed by atoms with Crippen molar-refractivity contribution in [1.29, 1.82) is 0 Å². The monoisotopic (exact) mass is 217 g/mol. The second-order valence-electron chi connectivity index (χ2n) is 4.52. The summed E-state index contributed by atoms with van der Waals surface area (Å²) in [5.74, 6) is -0.228. The van der Waals surface area contributed by atoms with E-state index in [2.05, 4.69) is 5.32 Å². The van der Waals surface area contributed by atoms with E-state index in [0.29, 0.717) is 13.0 Å². The van der Waals surface area contributed by atoms with Crippen LogP contribution in [0, 0.1) is 0 Å². The van der Waals surface area contributed by atoms with Gasteiger partial charge in [-0.15, -0.1) is 0 Å². The predicted octanol–water partition coefficient (Wildman–Crippen LogP) is -0.585. The van der Waals surface area contributed by atoms with Gasteiger partial charge in [0.15, 0.2) is 0 Å². The number of ether oxygens (including phenoxy) is 1. The van der Waals surface area contributed by atoms with E-state index in [1.54, 1.807) is 6.92 Å². The molecular formula is C10H19NO4. The zero-order valence-electron chi connectivity index (χ0n) is 9.25. The van der Waals surface area contributed by atoms with Gasteiger partial charge in [0, 0.05) is 13.2 Å². The smallest absolute Gasteiger partial charge is 0.252 e. The maximum Gasteiger partial charge on any atom is 0.252 e. The molecule has 0 aliphatic carbocycles. The minimum absolute atomic E-state index is 0.0291. The van der Waals surface area contributed by atoms with Gasteiger partial charge in [0.25, 0.3) is 5.91 Å². The second-order valence-corrected chi connectivity index (χ2v) is 4.52. The van der Waals surface area contributed by atoms with Crippen molar-refractivity contribution in [3.63, 3.8) is 0 Å². The van der Waals surface area contributed by atoms with Crippen molar-refractivity contribution < 1.29 is 19.7 Å². The van der Waals surface area contributed by atoms with Gasteiger partial charge in [-0.25, -0.2) is 0 Å². The number of carbonyl (C=O) groups is 1. The molecule has 0 bridgehead atoms. The fraction of sp³-hybridized carbons (Fsp3) is 0.900. The Morgan fingerprint density at radius 3 is 2.80 bits per heavy atom. The number of nitrogens with one attached hydrogen (secondary N) is 1. The van der Waals surface area contributed by atoms with E-state index in [9.17, 15) is 9.90 Å². The zero-order valence-corrected chi connectivity index (χ0v) is 9.25. The van der Waals surface area contributed by atoms with Gasteiger partial charge in [-0.2, -0.15) is 0 Å². The van der Waals surface area contributed by atoms with Crippen LogP contribution in [0.3, 0.4) is 0 Å². The van der Waals surface area contributed by atoms with Crippen molar-refractivity contribution >= 4 is 5.91 Å². The lowest BCUT2D eigenvalue weighted by Crippen LogP contribution is -2.50. The SMILES string of the molecule is CC(O)(CO)CNC(=O)C1(C)CCCO1. The number of aliphatic hydroxyl groups is 2. The first-order chi connectivity index (χ1) is 6.90. The van der Waals surface area contributed by atoms with Gasteiger partial charge < -0.3 is 20.3 Å². The standard InChI is InChI=1S/C10H19NO4/c1-9(14,7-12)6-11-8(13)10(2)4-3-5-15-10/h12,14H,3-7H2,1-2H3,(H,11,13). The Labute approximate surface area is 89.4 Å². The van der Waals surface area contributed by atoms with Crippen molar-refractivity contribution in [3.8, 4) is 0 Å². The second kappa shape index (κ2) is 4.47.